The second-order valence-electron chi connectivity index (χ2n) is 2.80. The third-order valence-corrected chi connectivity index (χ3v) is 2.80. The molecular weight excluding hydrogens is 239 g/mol. The lowest BCUT2D eigenvalue weighted by Gasteiger charge is -2.11. The molecule has 7 heteroatoms. The molecule has 0 spiro atoms. The van der Waals surface area contributed by atoms with E-state index in [9.17, 15) is 12.3 Å². The van der Waals surface area contributed by atoms with E-state index in [0.29, 0.717) is 5.75 Å². The summed E-state index contributed by atoms with van der Waals surface area (Å²) in [4.78, 5) is -0.640. The normalized spacial score (nSPS) is 11.0. The van der Waals surface area contributed by atoms with Gasteiger partial charge in [-0.1, -0.05) is 0 Å². The summed E-state index contributed by atoms with van der Waals surface area (Å²) in [6, 6.07) is 2.52. The van der Waals surface area contributed by atoms with Gasteiger partial charge < -0.3 is 14.2 Å². The van der Waals surface area contributed by atoms with Crippen LogP contribution in [-0.2, 0) is 10.2 Å². The number of hydrogen-bond acceptors (Lipinski definition) is 5. The Hall–Kier alpha value is -1.50. The third-order valence-electron chi connectivity index (χ3n) is 1.91. The Labute approximate surface area is 93.0 Å². The Balaban J connectivity index is 3.57. The molecule has 0 aromatic heterocycles. The van der Waals surface area contributed by atoms with Crippen LogP contribution in [-0.4, -0.2) is 29.7 Å². The molecule has 0 saturated carbocycles. The minimum absolute atomic E-state index is 0.168. The Kier molecular flexibility index (Phi) is 3.58. The van der Waals surface area contributed by atoms with E-state index in [0.717, 1.165) is 0 Å². The van der Waals surface area contributed by atoms with Gasteiger partial charge in [-0.25, -0.2) is 0 Å². The van der Waals surface area contributed by atoms with Crippen molar-refractivity contribution in [2.24, 2.45) is 0 Å². The van der Waals surface area contributed by atoms with E-state index in [1.165, 1.54) is 33.5 Å². The fourth-order valence-corrected chi connectivity index (χ4v) is 1.98. The number of benzene rings is 1. The Bertz CT molecular complexity index is 458. The summed E-state index contributed by atoms with van der Waals surface area (Å²) >= 11 is 0. The molecule has 0 aliphatic heterocycles. The highest BCUT2D eigenvalue weighted by Crippen LogP contribution is 2.38. The number of rotatable bonds is 4. The maximum Gasteiger partial charge on any atom is 0.339 e. The van der Waals surface area contributed by atoms with Crippen LogP contribution in [0.25, 0.3) is 0 Å². The highest BCUT2D eigenvalue weighted by molar-refractivity contribution is 7.86. The van der Waals surface area contributed by atoms with Crippen molar-refractivity contribution in [1.82, 2.24) is 0 Å². The van der Waals surface area contributed by atoms with Crippen LogP contribution in [0.15, 0.2) is 17.0 Å². The van der Waals surface area contributed by atoms with Crippen molar-refractivity contribution >= 4 is 10.2 Å². The molecule has 0 aliphatic rings. The van der Waals surface area contributed by atoms with Gasteiger partial charge in [0.2, 0.25) is 0 Å². The molecular formula is C9H11FO5S. The first-order valence-corrected chi connectivity index (χ1v) is 5.57. The van der Waals surface area contributed by atoms with Gasteiger partial charge >= 0.3 is 10.2 Å². The van der Waals surface area contributed by atoms with Gasteiger partial charge in [0, 0.05) is 12.1 Å². The van der Waals surface area contributed by atoms with E-state index in [1.807, 2.05) is 0 Å². The summed E-state index contributed by atoms with van der Waals surface area (Å²) < 4.78 is 49.3. The van der Waals surface area contributed by atoms with Crippen molar-refractivity contribution in [3.63, 3.8) is 0 Å². The molecule has 0 amide bonds. The van der Waals surface area contributed by atoms with E-state index in [1.54, 1.807) is 0 Å². The van der Waals surface area contributed by atoms with Crippen molar-refractivity contribution in [3.8, 4) is 17.2 Å². The quantitative estimate of drug-likeness (QED) is 0.755. The highest BCUT2D eigenvalue weighted by Gasteiger charge is 2.25. The molecule has 0 aliphatic carbocycles. The van der Waals surface area contributed by atoms with E-state index < -0.39 is 15.1 Å². The van der Waals surface area contributed by atoms with Crippen LogP contribution >= 0.6 is 0 Å². The predicted molar refractivity (Wildman–Crippen MR) is 54.4 cm³/mol. The average Bonchev–Trinajstić information content (AvgIpc) is 2.25. The fourth-order valence-electron chi connectivity index (χ4n) is 1.21. The molecule has 0 N–H and O–H groups in total. The minimum Gasteiger partial charge on any atom is -0.496 e. The first-order valence-electron chi connectivity index (χ1n) is 4.18. The van der Waals surface area contributed by atoms with Crippen LogP contribution < -0.4 is 14.2 Å². The molecule has 0 fully saturated rings. The summed E-state index contributed by atoms with van der Waals surface area (Å²) in [6.07, 6.45) is 0. The Morgan fingerprint density at radius 1 is 1.00 bits per heavy atom. The third kappa shape index (κ3) is 2.35. The van der Waals surface area contributed by atoms with E-state index in [4.69, 9.17) is 14.2 Å². The topological polar surface area (TPSA) is 61.8 Å². The molecule has 5 nitrogen and oxygen atoms in total. The van der Waals surface area contributed by atoms with Crippen molar-refractivity contribution in [2.75, 3.05) is 21.3 Å². The van der Waals surface area contributed by atoms with Crippen LogP contribution in [0.1, 0.15) is 0 Å². The van der Waals surface area contributed by atoms with Crippen LogP contribution in [0, 0.1) is 0 Å². The predicted octanol–water partition coefficient (Wildman–Crippen LogP) is 1.37. The second kappa shape index (κ2) is 4.56. The monoisotopic (exact) mass is 250 g/mol. The van der Waals surface area contributed by atoms with Crippen molar-refractivity contribution in [2.45, 2.75) is 4.90 Å². The van der Waals surface area contributed by atoms with Gasteiger partial charge in [-0.2, -0.15) is 8.42 Å². The SMILES string of the molecule is COc1cc(OC)c(S(=O)(=O)F)c(OC)c1. The molecule has 0 bridgehead atoms. The largest absolute Gasteiger partial charge is 0.496 e. The van der Waals surface area contributed by atoms with E-state index >= 15 is 0 Å². The lowest BCUT2D eigenvalue weighted by molar-refractivity contribution is 0.357. The van der Waals surface area contributed by atoms with Gasteiger partial charge in [-0.15, -0.1) is 3.89 Å². The van der Waals surface area contributed by atoms with Crippen molar-refractivity contribution in [1.29, 1.82) is 0 Å². The first kappa shape index (κ1) is 12.6. The summed E-state index contributed by atoms with van der Waals surface area (Å²) in [5.74, 6) is -0.0292. The molecule has 0 heterocycles. The molecule has 0 unspecified atom stereocenters. The van der Waals surface area contributed by atoms with Gasteiger partial charge in [0.15, 0.2) is 4.90 Å². The highest BCUT2D eigenvalue weighted by atomic mass is 32.3. The molecule has 1 rings (SSSR count). The number of methoxy groups -OCH3 is 3. The maximum atomic E-state index is 13.0. The summed E-state index contributed by atoms with van der Waals surface area (Å²) in [6.45, 7) is 0. The second-order valence-corrected chi connectivity index (χ2v) is 4.08. The number of hydrogen-bond donors (Lipinski definition) is 0. The van der Waals surface area contributed by atoms with Gasteiger partial charge in [0.25, 0.3) is 0 Å². The van der Waals surface area contributed by atoms with Gasteiger partial charge in [0.1, 0.15) is 17.2 Å². The lowest BCUT2D eigenvalue weighted by atomic mass is 10.3. The fraction of sp³-hybridized carbons (Fsp3) is 0.333. The van der Waals surface area contributed by atoms with Gasteiger partial charge in [-0.05, 0) is 0 Å². The maximum absolute atomic E-state index is 13.0. The minimum atomic E-state index is -4.92. The van der Waals surface area contributed by atoms with Crippen molar-refractivity contribution in [3.05, 3.63) is 12.1 Å². The zero-order valence-corrected chi connectivity index (χ0v) is 9.80. The average molecular weight is 250 g/mol. The number of ether oxygens (including phenoxy) is 3. The standard InChI is InChI=1S/C9H11FO5S/c1-13-6-4-7(14-2)9(16(10,11)12)8(5-6)15-3/h4-5H,1-3H3. The zero-order chi connectivity index (χ0) is 12.3. The zero-order valence-electron chi connectivity index (χ0n) is 8.98. The van der Waals surface area contributed by atoms with Crippen LogP contribution in [0.2, 0.25) is 0 Å². The van der Waals surface area contributed by atoms with Gasteiger partial charge in [-0.3, -0.25) is 0 Å². The van der Waals surface area contributed by atoms with Crippen LogP contribution in [0.3, 0.4) is 0 Å². The van der Waals surface area contributed by atoms with Gasteiger partial charge in [0.05, 0.1) is 21.3 Å². The smallest absolute Gasteiger partial charge is 0.339 e. The van der Waals surface area contributed by atoms with Crippen LogP contribution in [0.4, 0.5) is 3.89 Å². The van der Waals surface area contributed by atoms with Crippen LogP contribution in [0.5, 0.6) is 17.2 Å². The molecule has 1 aromatic carbocycles. The molecule has 1 aromatic rings. The Morgan fingerprint density at radius 3 is 1.69 bits per heavy atom. The van der Waals surface area contributed by atoms with E-state index in [2.05, 4.69) is 0 Å². The van der Waals surface area contributed by atoms with E-state index in [-0.39, 0.29) is 11.5 Å². The molecule has 0 radical (unpaired) electrons. The molecule has 16 heavy (non-hydrogen) atoms. The Morgan fingerprint density at radius 2 is 1.44 bits per heavy atom. The number of halogens is 1. The summed E-state index contributed by atoms with van der Waals surface area (Å²) in [7, 11) is -1.08. The van der Waals surface area contributed by atoms with Crippen molar-refractivity contribution < 1.29 is 26.5 Å². The summed E-state index contributed by atoms with van der Waals surface area (Å²) in [5.41, 5.74) is 0. The molecule has 0 atom stereocenters. The lowest BCUT2D eigenvalue weighted by Crippen LogP contribution is -2.01. The molecule has 0 saturated heterocycles. The molecule has 90 valence electrons. The first-order chi connectivity index (χ1) is 7.43. The summed E-state index contributed by atoms with van der Waals surface area (Å²) in [5, 5.41) is 0.